The molecule has 1 saturated heterocycles. The molecule has 3 aromatic rings. The number of nitrogens with zero attached hydrogens (tertiary/aromatic N) is 6. The van der Waals surface area contributed by atoms with E-state index in [4.69, 9.17) is 4.98 Å². The smallest absolute Gasteiger partial charge is 0.230 e. The molecule has 1 aliphatic heterocycles. The third kappa shape index (κ3) is 3.77. The summed E-state index contributed by atoms with van der Waals surface area (Å²) in [6.45, 7) is 14.6. The van der Waals surface area contributed by atoms with Crippen LogP contribution in [0.15, 0.2) is 31.1 Å². The molecule has 4 rings (SSSR count). The van der Waals surface area contributed by atoms with E-state index in [1.807, 2.05) is 29.0 Å². The number of rotatable bonds is 6. The molecule has 1 aromatic carbocycles. The summed E-state index contributed by atoms with van der Waals surface area (Å²) >= 11 is 0. The minimum atomic E-state index is 0.668. The Balaban J connectivity index is 1.67. The number of piperazine rings is 1. The van der Waals surface area contributed by atoms with Gasteiger partial charge in [0.05, 0.1) is 23.1 Å². The van der Waals surface area contributed by atoms with Crippen LogP contribution in [0.3, 0.4) is 0 Å². The highest BCUT2D eigenvalue weighted by Crippen LogP contribution is 2.30. The van der Waals surface area contributed by atoms with Gasteiger partial charge in [-0.2, -0.15) is 5.10 Å². The SMILES string of the molecule is C=C(CCC)n1ncc(N(C)c2ncc3cc(C)c(N4CCNCC4)cc3n2)c1C. The summed E-state index contributed by atoms with van der Waals surface area (Å²) in [5.41, 5.74) is 6.53. The molecule has 0 bridgehead atoms. The second-order valence-corrected chi connectivity index (χ2v) is 8.01. The van der Waals surface area contributed by atoms with Crippen LogP contribution in [0.5, 0.6) is 0 Å². The zero-order valence-electron chi connectivity index (χ0n) is 18.4. The minimum Gasteiger partial charge on any atom is -0.369 e. The molecule has 7 heteroatoms. The van der Waals surface area contributed by atoms with Gasteiger partial charge in [0.2, 0.25) is 5.95 Å². The Morgan fingerprint density at radius 3 is 2.70 bits per heavy atom. The van der Waals surface area contributed by atoms with Crippen LogP contribution in [0.25, 0.3) is 16.6 Å². The Morgan fingerprint density at radius 1 is 1.20 bits per heavy atom. The molecule has 2 aromatic heterocycles. The van der Waals surface area contributed by atoms with E-state index in [1.165, 1.54) is 11.3 Å². The zero-order valence-corrected chi connectivity index (χ0v) is 18.4. The predicted molar refractivity (Wildman–Crippen MR) is 125 cm³/mol. The number of aromatic nitrogens is 4. The lowest BCUT2D eigenvalue weighted by Crippen LogP contribution is -2.43. The lowest BCUT2D eigenvalue weighted by Gasteiger charge is -2.31. The molecule has 0 atom stereocenters. The second kappa shape index (κ2) is 8.44. The molecule has 0 spiro atoms. The molecular formula is C23H31N7. The van der Waals surface area contributed by atoms with Gasteiger partial charge in [-0.3, -0.25) is 0 Å². The summed E-state index contributed by atoms with van der Waals surface area (Å²) in [6, 6.07) is 4.39. The van der Waals surface area contributed by atoms with Crippen LogP contribution in [0, 0.1) is 13.8 Å². The average molecular weight is 406 g/mol. The van der Waals surface area contributed by atoms with Crippen LogP contribution in [-0.2, 0) is 0 Å². The van der Waals surface area contributed by atoms with E-state index >= 15 is 0 Å². The topological polar surface area (TPSA) is 62.1 Å². The lowest BCUT2D eigenvalue weighted by molar-refractivity contribution is 0.588. The molecule has 0 saturated carbocycles. The first-order valence-electron chi connectivity index (χ1n) is 10.7. The van der Waals surface area contributed by atoms with Gasteiger partial charge < -0.3 is 15.1 Å². The van der Waals surface area contributed by atoms with Gasteiger partial charge in [-0.15, -0.1) is 0 Å². The molecule has 0 radical (unpaired) electrons. The number of hydrogen-bond acceptors (Lipinski definition) is 6. The molecule has 0 amide bonds. The standard InChI is InChI=1S/C23H31N7/c1-6-7-17(3)30-18(4)22(15-26-30)28(5)23-25-14-19-12-16(2)21(13-20(19)27-23)29-10-8-24-9-11-29/h12-15,24H,3,6-11H2,1-2,4-5H3. The lowest BCUT2D eigenvalue weighted by atomic mass is 10.1. The number of aryl methyl sites for hydroxylation is 1. The fourth-order valence-electron chi connectivity index (χ4n) is 4.13. The van der Waals surface area contributed by atoms with Crippen LogP contribution in [-0.4, -0.2) is 53.0 Å². The third-order valence-electron chi connectivity index (χ3n) is 5.83. The fraction of sp³-hybridized carbons (Fsp3) is 0.435. The van der Waals surface area contributed by atoms with Crippen molar-refractivity contribution in [1.82, 2.24) is 25.1 Å². The van der Waals surface area contributed by atoms with Crippen molar-refractivity contribution in [2.45, 2.75) is 33.6 Å². The maximum atomic E-state index is 4.89. The van der Waals surface area contributed by atoms with Crippen LogP contribution in [0.2, 0.25) is 0 Å². The summed E-state index contributed by atoms with van der Waals surface area (Å²) < 4.78 is 1.92. The Bertz CT molecular complexity index is 1060. The molecular weight excluding hydrogens is 374 g/mol. The van der Waals surface area contributed by atoms with E-state index in [0.29, 0.717) is 5.95 Å². The molecule has 30 heavy (non-hydrogen) atoms. The molecule has 0 aliphatic carbocycles. The molecule has 158 valence electrons. The van der Waals surface area contributed by atoms with Gasteiger partial charge in [0.1, 0.15) is 0 Å². The Hall–Kier alpha value is -2.93. The molecule has 7 nitrogen and oxygen atoms in total. The third-order valence-corrected chi connectivity index (χ3v) is 5.83. The number of hydrogen-bond donors (Lipinski definition) is 1. The first-order valence-corrected chi connectivity index (χ1v) is 10.7. The van der Waals surface area contributed by atoms with Gasteiger partial charge in [-0.25, -0.2) is 14.6 Å². The van der Waals surface area contributed by atoms with E-state index in [2.05, 4.69) is 59.8 Å². The van der Waals surface area contributed by atoms with Crippen LogP contribution in [0.4, 0.5) is 17.3 Å². The summed E-state index contributed by atoms with van der Waals surface area (Å²) in [5, 5.41) is 9.02. The molecule has 0 unspecified atom stereocenters. The van der Waals surface area contributed by atoms with Crippen molar-refractivity contribution in [3.05, 3.63) is 42.4 Å². The van der Waals surface area contributed by atoms with E-state index < -0.39 is 0 Å². The fourth-order valence-corrected chi connectivity index (χ4v) is 4.13. The molecule has 3 heterocycles. The van der Waals surface area contributed by atoms with E-state index in [9.17, 15) is 0 Å². The number of anilines is 3. The highest BCUT2D eigenvalue weighted by Gasteiger charge is 2.18. The van der Waals surface area contributed by atoms with Crippen molar-refractivity contribution < 1.29 is 0 Å². The second-order valence-electron chi connectivity index (χ2n) is 8.01. The number of fused-ring (bicyclic) bond motifs is 1. The van der Waals surface area contributed by atoms with Gasteiger partial charge in [0, 0.05) is 56.2 Å². The highest BCUT2D eigenvalue weighted by atomic mass is 15.3. The Morgan fingerprint density at radius 2 is 1.97 bits per heavy atom. The van der Waals surface area contributed by atoms with Gasteiger partial charge in [0.15, 0.2) is 0 Å². The predicted octanol–water partition coefficient (Wildman–Crippen LogP) is 3.89. The van der Waals surface area contributed by atoms with Gasteiger partial charge >= 0.3 is 0 Å². The van der Waals surface area contributed by atoms with Crippen molar-refractivity contribution in [1.29, 1.82) is 0 Å². The summed E-state index contributed by atoms with van der Waals surface area (Å²) in [6.07, 6.45) is 5.75. The van der Waals surface area contributed by atoms with E-state index in [-0.39, 0.29) is 0 Å². The summed E-state index contributed by atoms with van der Waals surface area (Å²) in [7, 11) is 1.99. The van der Waals surface area contributed by atoms with E-state index in [0.717, 1.165) is 67.0 Å². The normalized spacial score (nSPS) is 14.3. The van der Waals surface area contributed by atoms with Crippen molar-refractivity contribution in [3.63, 3.8) is 0 Å². The van der Waals surface area contributed by atoms with Crippen molar-refractivity contribution in [2.24, 2.45) is 0 Å². The van der Waals surface area contributed by atoms with Crippen molar-refractivity contribution >= 4 is 33.9 Å². The van der Waals surface area contributed by atoms with Crippen LogP contribution in [0.1, 0.15) is 31.0 Å². The highest BCUT2D eigenvalue weighted by molar-refractivity contribution is 5.85. The maximum absolute atomic E-state index is 4.89. The number of benzene rings is 1. The average Bonchev–Trinajstić information content (AvgIpc) is 3.14. The molecule has 1 N–H and O–H groups in total. The van der Waals surface area contributed by atoms with Gasteiger partial charge in [-0.1, -0.05) is 19.9 Å². The van der Waals surface area contributed by atoms with Crippen molar-refractivity contribution in [2.75, 3.05) is 43.0 Å². The van der Waals surface area contributed by atoms with E-state index in [1.54, 1.807) is 0 Å². The maximum Gasteiger partial charge on any atom is 0.230 e. The van der Waals surface area contributed by atoms with Gasteiger partial charge in [-0.05, 0) is 38.0 Å². The first-order chi connectivity index (χ1) is 14.5. The molecule has 1 aliphatic rings. The van der Waals surface area contributed by atoms with Gasteiger partial charge in [0.25, 0.3) is 0 Å². The minimum absolute atomic E-state index is 0.668. The van der Waals surface area contributed by atoms with Crippen molar-refractivity contribution in [3.8, 4) is 0 Å². The number of allylic oxidation sites excluding steroid dienone is 1. The Kier molecular flexibility index (Phi) is 5.72. The number of nitrogens with one attached hydrogen (secondary N) is 1. The monoisotopic (exact) mass is 405 g/mol. The summed E-state index contributed by atoms with van der Waals surface area (Å²) in [4.78, 5) is 14.0. The Labute approximate surface area is 178 Å². The largest absolute Gasteiger partial charge is 0.369 e. The quantitative estimate of drug-likeness (QED) is 0.671. The summed E-state index contributed by atoms with van der Waals surface area (Å²) in [5.74, 6) is 0.668. The zero-order chi connectivity index (χ0) is 21.3. The van der Waals surface area contributed by atoms with Crippen LogP contribution >= 0.6 is 0 Å². The first kappa shape index (κ1) is 20.3. The molecule has 1 fully saturated rings. The van der Waals surface area contributed by atoms with Crippen LogP contribution < -0.4 is 15.1 Å².